The van der Waals surface area contributed by atoms with E-state index in [1.807, 2.05) is 6.07 Å². The molecule has 0 fully saturated rings. The Labute approximate surface area is 141 Å². The Balaban J connectivity index is 2.00. The Morgan fingerprint density at radius 3 is 2.59 bits per heavy atom. The van der Waals surface area contributed by atoms with Gasteiger partial charge in [0.1, 0.15) is 0 Å². The van der Waals surface area contributed by atoms with Crippen molar-refractivity contribution in [2.45, 2.75) is 0 Å². The van der Waals surface area contributed by atoms with E-state index in [0.717, 1.165) is 5.56 Å². The Morgan fingerprint density at radius 1 is 1.05 bits per heavy atom. The van der Waals surface area contributed by atoms with Crippen molar-refractivity contribution in [1.82, 2.24) is 0 Å². The number of hydrogen-bond donors (Lipinski definition) is 0. The highest BCUT2D eigenvalue weighted by Gasteiger charge is 2.26. The molecule has 3 rings (SSSR count). The van der Waals surface area contributed by atoms with Gasteiger partial charge >= 0.3 is 5.97 Å². The molecule has 2 aromatic rings. The molecule has 0 amide bonds. The van der Waals surface area contributed by atoms with Crippen molar-refractivity contribution in [3.05, 3.63) is 74.4 Å². The third kappa shape index (κ3) is 3.02. The molecule has 1 aliphatic heterocycles. The second-order valence-corrected chi connectivity index (χ2v) is 5.71. The summed E-state index contributed by atoms with van der Waals surface area (Å²) in [6.07, 6.45) is 1.60. The van der Waals surface area contributed by atoms with Crippen LogP contribution in [-0.2, 0) is 9.53 Å². The van der Waals surface area contributed by atoms with Crippen molar-refractivity contribution >= 4 is 52.7 Å². The third-order valence-electron chi connectivity index (χ3n) is 2.95. The van der Waals surface area contributed by atoms with E-state index >= 15 is 0 Å². The van der Waals surface area contributed by atoms with E-state index < -0.39 is 5.97 Å². The molecule has 0 bridgehead atoms. The van der Waals surface area contributed by atoms with Gasteiger partial charge in [-0.3, -0.25) is 0 Å². The predicted molar refractivity (Wildman–Crippen MR) is 88.5 cm³/mol. The molecule has 110 valence electrons. The number of rotatable bonds is 2. The standard InChI is InChI=1S/C16H8Cl3NO2/c17-10-4-1-3-9(7-10)8-13-16(21)22-15(20-13)11-5-2-6-12(18)14(11)19/h1-8H. The highest BCUT2D eigenvalue weighted by atomic mass is 35.5. The van der Waals surface area contributed by atoms with Gasteiger partial charge in [0.25, 0.3) is 0 Å². The van der Waals surface area contributed by atoms with Gasteiger partial charge < -0.3 is 4.74 Å². The van der Waals surface area contributed by atoms with Crippen LogP contribution in [0, 0.1) is 0 Å². The molecular formula is C16H8Cl3NO2. The first kappa shape index (κ1) is 15.1. The van der Waals surface area contributed by atoms with Crippen LogP contribution in [0.1, 0.15) is 11.1 Å². The summed E-state index contributed by atoms with van der Waals surface area (Å²) < 4.78 is 5.16. The number of hydrogen-bond acceptors (Lipinski definition) is 3. The first-order valence-corrected chi connectivity index (χ1v) is 7.40. The Kier molecular flexibility index (Phi) is 4.21. The third-order valence-corrected chi connectivity index (χ3v) is 4.01. The number of nitrogens with zero attached hydrogens (tertiary/aromatic N) is 1. The van der Waals surface area contributed by atoms with Crippen LogP contribution >= 0.6 is 34.8 Å². The van der Waals surface area contributed by atoms with Crippen molar-refractivity contribution in [3.8, 4) is 0 Å². The first-order valence-electron chi connectivity index (χ1n) is 6.27. The van der Waals surface area contributed by atoms with E-state index in [4.69, 9.17) is 39.5 Å². The van der Waals surface area contributed by atoms with Crippen molar-refractivity contribution in [1.29, 1.82) is 0 Å². The fourth-order valence-corrected chi connectivity index (χ4v) is 2.53. The second-order valence-electron chi connectivity index (χ2n) is 4.49. The maximum absolute atomic E-state index is 11.9. The van der Waals surface area contributed by atoms with Crippen molar-refractivity contribution < 1.29 is 9.53 Å². The molecule has 0 aliphatic carbocycles. The smallest absolute Gasteiger partial charge is 0.363 e. The van der Waals surface area contributed by atoms with Crippen molar-refractivity contribution in [2.75, 3.05) is 0 Å². The summed E-state index contributed by atoms with van der Waals surface area (Å²) in [6, 6.07) is 12.1. The molecule has 0 saturated heterocycles. The van der Waals surface area contributed by atoms with Crippen LogP contribution in [0.15, 0.2) is 53.2 Å². The minimum absolute atomic E-state index is 0.130. The van der Waals surface area contributed by atoms with Crippen molar-refractivity contribution in [2.24, 2.45) is 4.99 Å². The molecule has 0 atom stereocenters. The fourth-order valence-electron chi connectivity index (χ4n) is 1.95. The minimum atomic E-state index is -0.550. The van der Waals surface area contributed by atoms with Crippen LogP contribution in [0.2, 0.25) is 15.1 Å². The number of halogens is 3. The molecule has 0 saturated carbocycles. The zero-order chi connectivity index (χ0) is 15.7. The molecule has 6 heteroatoms. The quantitative estimate of drug-likeness (QED) is 0.564. The Hall–Kier alpha value is -1.81. The summed E-state index contributed by atoms with van der Waals surface area (Å²) in [5.41, 5.74) is 1.40. The summed E-state index contributed by atoms with van der Waals surface area (Å²) in [4.78, 5) is 16.1. The van der Waals surface area contributed by atoms with Crippen LogP contribution in [0.5, 0.6) is 0 Å². The van der Waals surface area contributed by atoms with Gasteiger partial charge in [-0.25, -0.2) is 9.79 Å². The van der Waals surface area contributed by atoms with Gasteiger partial charge in [-0.15, -0.1) is 0 Å². The molecule has 0 unspecified atom stereocenters. The lowest BCUT2D eigenvalue weighted by molar-refractivity contribution is -0.129. The van der Waals surface area contributed by atoms with Crippen LogP contribution < -0.4 is 0 Å². The molecule has 22 heavy (non-hydrogen) atoms. The summed E-state index contributed by atoms with van der Waals surface area (Å²) >= 11 is 18.0. The number of aliphatic imine (C=N–C) groups is 1. The van der Waals surface area contributed by atoms with Gasteiger partial charge in [0.05, 0.1) is 15.6 Å². The zero-order valence-corrected chi connectivity index (χ0v) is 13.3. The van der Waals surface area contributed by atoms with E-state index in [0.29, 0.717) is 20.6 Å². The highest BCUT2D eigenvalue weighted by molar-refractivity contribution is 6.44. The van der Waals surface area contributed by atoms with E-state index in [9.17, 15) is 4.79 Å². The fraction of sp³-hybridized carbons (Fsp3) is 0. The molecule has 0 radical (unpaired) electrons. The second kappa shape index (κ2) is 6.13. The SMILES string of the molecule is O=C1OC(c2cccc(Cl)c2Cl)=NC1=Cc1cccc(Cl)c1. The average Bonchev–Trinajstić information content (AvgIpc) is 2.83. The van der Waals surface area contributed by atoms with Gasteiger partial charge in [0.15, 0.2) is 5.70 Å². The number of cyclic esters (lactones) is 1. The van der Waals surface area contributed by atoms with Crippen LogP contribution in [0.25, 0.3) is 6.08 Å². The molecule has 1 heterocycles. The van der Waals surface area contributed by atoms with Crippen LogP contribution in [0.3, 0.4) is 0 Å². The lowest BCUT2D eigenvalue weighted by atomic mass is 10.2. The van der Waals surface area contributed by atoms with Gasteiger partial charge in [0, 0.05) is 5.02 Å². The molecule has 3 nitrogen and oxygen atoms in total. The van der Waals surface area contributed by atoms with Crippen LogP contribution in [-0.4, -0.2) is 11.9 Å². The summed E-state index contributed by atoms with van der Waals surface area (Å²) in [5, 5.41) is 1.23. The Morgan fingerprint density at radius 2 is 1.82 bits per heavy atom. The number of carbonyl (C=O) groups is 1. The molecule has 0 N–H and O–H groups in total. The average molecular weight is 353 g/mol. The van der Waals surface area contributed by atoms with E-state index in [2.05, 4.69) is 4.99 Å². The summed E-state index contributed by atoms with van der Waals surface area (Å²) in [5.74, 6) is -0.420. The minimum Gasteiger partial charge on any atom is -0.402 e. The zero-order valence-electron chi connectivity index (χ0n) is 11.0. The van der Waals surface area contributed by atoms with E-state index in [-0.39, 0.29) is 11.6 Å². The molecule has 2 aromatic carbocycles. The van der Waals surface area contributed by atoms with Crippen LogP contribution in [0.4, 0.5) is 0 Å². The summed E-state index contributed by atoms with van der Waals surface area (Å²) in [6.45, 7) is 0. The Bertz CT molecular complexity index is 828. The monoisotopic (exact) mass is 351 g/mol. The number of carbonyl (C=O) groups excluding carboxylic acids is 1. The van der Waals surface area contributed by atoms with Gasteiger partial charge in [-0.05, 0) is 35.9 Å². The lowest BCUT2D eigenvalue weighted by Gasteiger charge is -2.03. The number of ether oxygens (including phenoxy) is 1. The lowest BCUT2D eigenvalue weighted by Crippen LogP contribution is -2.06. The first-order chi connectivity index (χ1) is 10.5. The van der Waals surface area contributed by atoms with E-state index in [1.54, 1.807) is 42.5 Å². The largest absolute Gasteiger partial charge is 0.402 e. The van der Waals surface area contributed by atoms with Gasteiger partial charge in [0.2, 0.25) is 5.90 Å². The molecular weight excluding hydrogens is 345 g/mol. The number of esters is 1. The topological polar surface area (TPSA) is 38.7 Å². The molecule has 1 aliphatic rings. The molecule has 0 aromatic heterocycles. The predicted octanol–water partition coefficient (Wildman–Crippen LogP) is 4.99. The highest BCUT2D eigenvalue weighted by Crippen LogP contribution is 2.29. The molecule has 0 spiro atoms. The van der Waals surface area contributed by atoms with Gasteiger partial charge in [-0.2, -0.15) is 0 Å². The van der Waals surface area contributed by atoms with Gasteiger partial charge in [-0.1, -0.05) is 53.0 Å². The summed E-state index contributed by atoms with van der Waals surface area (Å²) in [7, 11) is 0. The maximum Gasteiger partial charge on any atom is 0.363 e. The van der Waals surface area contributed by atoms with Crippen molar-refractivity contribution in [3.63, 3.8) is 0 Å². The van der Waals surface area contributed by atoms with E-state index in [1.165, 1.54) is 0 Å². The number of benzene rings is 2. The maximum atomic E-state index is 11.9. The normalized spacial score (nSPS) is 15.9.